The van der Waals surface area contributed by atoms with Gasteiger partial charge in [0.2, 0.25) is 0 Å². The van der Waals surface area contributed by atoms with E-state index >= 15 is 0 Å². The number of benzene rings is 5. The highest BCUT2D eigenvalue weighted by atomic mass is 15.1. The van der Waals surface area contributed by atoms with Crippen molar-refractivity contribution in [3.63, 3.8) is 0 Å². The molecular formula is C36H22N4. The van der Waals surface area contributed by atoms with E-state index in [1.54, 1.807) is 0 Å². The lowest BCUT2D eigenvalue weighted by atomic mass is 10.00. The van der Waals surface area contributed by atoms with E-state index in [0.717, 1.165) is 39.3 Å². The molecule has 4 nitrogen and oxygen atoms in total. The summed E-state index contributed by atoms with van der Waals surface area (Å²) >= 11 is 0. The number of para-hydroxylation sites is 1. The lowest BCUT2D eigenvalue weighted by molar-refractivity contribution is 1.06. The van der Waals surface area contributed by atoms with E-state index in [1.807, 2.05) is 18.5 Å². The maximum absolute atomic E-state index is 4.97. The Bertz CT molecular complexity index is 2360. The van der Waals surface area contributed by atoms with Crippen LogP contribution in [0.2, 0.25) is 0 Å². The monoisotopic (exact) mass is 510 g/mol. The van der Waals surface area contributed by atoms with E-state index in [4.69, 9.17) is 9.97 Å². The molecule has 0 amide bonds. The normalized spacial score (nSPS) is 12.0. The second-order valence-electron chi connectivity index (χ2n) is 10.3. The summed E-state index contributed by atoms with van der Waals surface area (Å²) in [6.45, 7) is 0. The molecule has 40 heavy (non-hydrogen) atoms. The zero-order chi connectivity index (χ0) is 26.2. The smallest absolute Gasteiger partial charge is 0.138 e. The Morgan fingerprint density at radius 2 is 1.20 bits per heavy atom. The van der Waals surface area contributed by atoms with Crippen molar-refractivity contribution in [3.8, 4) is 22.8 Å². The third kappa shape index (κ3) is 2.85. The third-order valence-electron chi connectivity index (χ3n) is 8.16. The predicted octanol–water partition coefficient (Wildman–Crippen LogP) is 8.93. The van der Waals surface area contributed by atoms with Crippen molar-refractivity contribution in [2.75, 3.05) is 0 Å². The van der Waals surface area contributed by atoms with Crippen molar-refractivity contribution in [2.24, 2.45) is 0 Å². The highest BCUT2D eigenvalue weighted by Crippen LogP contribution is 2.45. The topological polar surface area (TPSA) is 35.6 Å². The van der Waals surface area contributed by atoms with Gasteiger partial charge in [-0.3, -0.25) is 9.13 Å². The summed E-state index contributed by atoms with van der Waals surface area (Å²) in [7, 11) is 0. The largest absolute Gasteiger partial charge is 0.292 e. The van der Waals surface area contributed by atoms with Gasteiger partial charge < -0.3 is 0 Å². The van der Waals surface area contributed by atoms with Crippen LogP contribution in [0, 0.1) is 0 Å². The van der Waals surface area contributed by atoms with Gasteiger partial charge in [-0.1, -0.05) is 78.9 Å². The van der Waals surface area contributed by atoms with Gasteiger partial charge in [0.05, 0.1) is 22.1 Å². The van der Waals surface area contributed by atoms with Crippen LogP contribution in [0.1, 0.15) is 0 Å². The van der Waals surface area contributed by atoms with Gasteiger partial charge in [-0.2, -0.15) is 0 Å². The molecular weight excluding hydrogens is 488 g/mol. The molecule has 4 aromatic heterocycles. The third-order valence-corrected chi connectivity index (χ3v) is 8.16. The average Bonchev–Trinajstić information content (AvgIpc) is 3.55. The Morgan fingerprint density at radius 3 is 2.10 bits per heavy atom. The molecule has 0 N–H and O–H groups in total. The molecule has 0 spiro atoms. The van der Waals surface area contributed by atoms with Crippen molar-refractivity contribution in [1.29, 1.82) is 0 Å². The lowest BCUT2D eigenvalue weighted by Gasteiger charge is -2.12. The Kier molecular flexibility index (Phi) is 4.30. The van der Waals surface area contributed by atoms with Crippen LogP contribution in [-0.4, -0.2) is 19.1 Å². The van der Waals surface area contributed by atoms with Crippen molar-refractivity contribution < 1.29 is 0 Å². The second-order valence-corrected chi connectivity index (χ2v) is 10.3. The molecule has 5 aromatic carbocycles. The first-order valence-corrected chi connectivity index (χ1v) is 13.5. The molecule has 0 bridgehead atoms. The van der Waals surface area contributed by atoms with Gasteiger partial charge >= 0.3 is 0 Å². The van der Waals surface area contributed by atoms with Gasteiger partial charge in [-0.25, -0.2) is 9.97 Å². The number of aromatic nitrogens is 4. The molecule has 0 aliphatic heterocycles. The summed E-state index contributed by atoms with van der Waals surface area (Å²) in [4.78, 5) is 9.78. The molecule has 0 unspecified atom stereocenters. The molecule has 4 heteroatoms. The van der Waals surface area contributed by atoms with Crippen molar-refractivity contribution >= 4 is 54.4 Å². The van der Waals surface area contributed by atoms with E-state index < -0.39 is 0 Å². The van der Waals surface area contributed by atoms with Gasteiger partial charge in [-0.05, 0) is 64.4 Å². The van der Waals surface area contributed by atoms with Gasteiger partial charge in [-0.15, -0.1) is 0 Å². The van der Waals surface area contributed by atoms with Crippen LogP contribution in [0.3, 0.4) is 0 Å². The number of rotatable bonds is 3. The second kappa shape index (κ2) is 8.01. The summed E-state index contributed by atoms with van der Waals surface area (Å²) in [6.07, 6.45) is 3.79. The molecule has 0 aliphatic carbocycles. The first-order chi connectivity index (χ1) is 19.9. The Morgan fingerprint density at radius 1 is 0.425 bits per heavy atom. The fraction of sp³-hybridized carbons (Fsp3) is 0. The molecule has 4 heterocycles. The number of fused-ring (bicyclic) bond motifs is 4. The maximum atomic E-state index is 4.97. The summed E-state index contributed by atoms with van der Waals surface area (Å²) in [5, 5.41) is 7.40. The molecule has 0 aliphatic rings. The Balaban J connectivity index is 1.53. The predicted molar refractivity (Wildman–Crippen MR) is 165 cm³/mol. The molecule has 186 valence electrons. The Labute approximate surface area is 229 Å². The minimum absolute atomic E-state index is 0.900. The fourth-order valence-corrected chi connectivity index (χ4v) is 6.51. The van der Waals surface area contributed by atoms with E-state index in [0.29, 0.717) is 0 Å². The molecule has 0 fully saturated rings. The number of hydrogen-bond acceptors (Lipinski definition) is 2. The number of nitrogens with zero attached hydrogens (tertiary/aromatic N) is 4. The van der Waals surface area contributed by atoms with E-state index in [-0.39, 0.29) is 0 Å². The average molecular weight is 511 g/mol. The van der Waals surface area contributed by atoms with Crippen molar-refractivity contribution in [1.82, 2.24) is 19.1 Å². The first-order valence-electron chi connectivity index (χ1n) is 13.5. The minimum Gasteiger partial charge on any atom is -0.292 e. The summed E-state index contributed by atoms with van der Waals surface area (Å²) < 4.78 is 4.68. The first kappa shape index (κ1) is 21.5. The van der Waals surface area contributed by atoms with Crippen LogP contribution in [0.15, 0.2) is 134 Å². The zero-order valence-corrected chi connectivity index (χ0v) is 21.5. The highest BCUT2D eigenvalue weighted by molar-refractivity contribution is 6.32. The van der Waals surface area contributed by atoms with E-state index in [2.05, 4.69) is 124 Å². The standard InChI is InChI=1S/C36H22N4/c1-2-9-23(10-3-1)25-18-20-38-32(22-25)40-30-14-8-11-24-16-17-26-21-28-27-12-4-5-13-29(27)39(31-15-6-7-19-37-31)35(28)36(40)34(26)33(24)30/h1-22H. The SMILES string of the molecule is c1ccc(-c2ccnc(-n3c4cccc5ccc6cc7c8ccccc8n(-c8ccccn8)c7c3c6c54)c2)cc1. The summed E-state index contributed by atoms with van der Waals surface area (Å²) in [5.74, 6) is 1.80. The zero-order valence-electron chi connectivity index (χ0n) is 21.5. The van der Waals surface area contributed by atoms with E-state index in [1.165, 1.54) is 37.9 Å². The molecule has 0 atom stereocenters. The van der Waals surface area contributed by atoms with Crippen LogP contribution in [0.5, 0.6) is 0 Å². The van der Waals surface area contributed by atoms with Gasteiger partial charge in [0.1, 0.15) is 11.6 Å². The molecule has 9 rings (SSSR count). The highest BCUT2D eigenvalue weighted by Gasteiger charge is 2.24. The fourth-order valence-electron chi connectivity index (χ4n) is 6.51. The van der Waals surface area contributed by atoms with Crippen LogP contribution >= 0.6 is 0 Å². The van der Waals surface area contributed by atoms with Crippen LogP contribution in [0.4, 0.5) is 0 Å². The van der Waals surface area contributed by atoms with Gasteiger partial charge in [0.15, 0.2) is 0 Å². The van der Waals surface area contributed by atoms with Crippen LogP contribution < -0.4 is 0 Å². The lowest BCUT2D eigenvalue weighted by Crippen LogP contribution is -2.01. The number of hydrogen-bond donors (Lipinski definition) is 0. The Hall–Kier alpha value is -5.48. The van der Waals surface area contributed by atoms with Gasteiger partial charge in [0, 0.05) is 33.9 Å². The van der Waals surface area contributed by atoms with Crippen molar-refractivity contribution in [3.05, 3.63) is 134 Å². The van der Waals surface area contributed by atoms with E-state index in [9.17, 15) is 0 Å². The minimum atomic E-state index is 0.900. The molecule has 9 aromatic rings. The van der Waals surface area contributed by atoms with Crippen LogP contribution in [0.25, 0.3) is 77.1 Å². The summed E-state index contributed by atoms with van der Waals surface area (Å²) in [6, 6.07) is 43.0. The maximum Gasteiger partial charge on any atom is 0.138 e. The molecule has 0 saturated heterocycles. The molecule has 0 radical (unpaired) electrons. The quantitative estimate of drug-likeness (QED) is 0.222. The van der Waals surface area contributed by atoms with Crippen LogP contribution in [-0.2, 0) is 0 Å². The molecule has 0 saturated carbocycles. The van der Waals surface area contributed by atoms with Gasteiger partial charge in [0.25, 0.3) is 0 Å². The van der Waals surface area contributed by atoms with Crippen molar-refractivity contribution in [2.45, 2.75) is 0 Å². The number of pyridine rings is 2. The summed E-state index contributed by atoms with van der Waals surface area (Å²) in [5.41, 5.74) is 6.90.